The van der Waals surface area contributed by atoms with Gasteiger partial charge in [0.15, 0.2) is 0 Å². The monoisotopic (exact) mass is 563 g/mol. The van der Waals surface area contributed by atoms with E-state index in [1.807, 2.05) is 0 Å². The van der Waals surface area contributed by atoms with Crippen molar-refractivity contribution in [1.29, 1.82) is 0 Å². The molecule has 0 heterocycles. The molecule has 0 saturated carbocycles. The van der Waals surface area contributed by atoms with E-state index in [0.717, 1.165) is 10.6 Å². The van der Waals surface area contributed by atoms with Gasteiger partial charge in [0.25, 0.3) is 0 Å². The maximum absolute atomic E-state index is 13.6. The van der Waals surface area contributed by atoms with Crippen LogP contribution in [0, 0.1) is 0 Å². The van der Waals surface area contributed by atoms with Crippen molar-refractivity contribution in [2.75, 3.05) is 30.8 Å². The molecule has 2 rings (SSSR count). The lowest BCUT2D eigenvalue weighted by molar-refractivity contribution is -0.140. The first-order chi connectivity index (χ1) is 16.4. The van der Waals surface area contributed by atoms with Gasteiger partial charge in [-0.25, -0.2) is 8.42 Å². The molecule has 0 fully saturated rings. The fraction of sp³-hybridized carbons (Fsp3) is 0.391. The fourth-order valence-corrected chi connectivity index (χ4v) is 4.83. The number of methoxy groups -OCH3 is 1. The van der Waals surface area contributed by atoms with Crippen molar-refractivity contribution in [3.8, 4) is 5.75 Å². The molecule has 35 heavy (non-hydrogen) atoms. The van der Waals surface area contributed by atoms with Crippen molar-refractivity contribution in [1.82, 2.24) is 10.2 Å². The summed E-state index contributed by atoms with van der Waals surface area (Å²) in [5, 5.41) is 3.64. The largest absolute Gasteiger partial charge is 0.495 e. The number of likely N-dealkylation sites (N-methyl/N-ethyl adjacent to an activating group) is 1. The second-order valence-electron chi connectivity index (χ2n) is 7.67. The number of nitrogens with zero attached hydrogens (tertiary/aromatic N) is 2. The Morgan fingerprint density at radius 3 is 2.29 bits per heavy atom. The van der Waals surface area contributed by atoms with E-state index in [0.29, 0.717) is 28.6 Å². The summed E-state index contributed by atoms with van der Waals surface area (Å²) in [5.74, 6) is -0.726. The molecule has 2 aromatic rings. The van der Waals surface area contributed by atoms with Crippen molar-refractivity contribution < 1.29 is 22.7 Å². The smallest absolute Gasteiger partial charge is 0.244 e. The number of hydrogen-bond donors (Lipinski definition) is 1. The third-order valence-corrected chi connectivity index (χ3v) is 7.26. The summed E-state index contributed by atoms with van der Waals surface area (Å²) in [6, 6.07) is 8.49. The number of carbonyl (C=O) groups excluding carboxylic acids is 2. The highest BCUT2D eigenvalue weighted by Crippen LogP contribution is 2.33. The highest BCUT2D eigenvalue weighted by Gasteiger charge is 2.32. The zero-order valence-corrected chi connectivity index (χ0v) is 22.9. The van der Waals surface area contributed by atoms with E-state index in [-0.39, 0.29) is 28.9 Å². The van der Waals surface area contributed by atoms with Crippen LogP contribution in [0.1, 0.15) is 25.8 Å². The molecule has 0 bridgehead atoms. The average Bonchev–Trinajstić information content (AvgIpc) is 2.79. The number of benzene rings is 2. The number of sulfonamides is 1. The molecule has 0 unspecified atom stereocenters. The van der Waals surface area contributed by atoms with Gasteiger partial charge < -0.3 is 15.0 Å². The van der Waals surface area contributed by atoms with Gasteiger partial charge in [-0.05, 0) is 49.2 Å². The van der Waals surface area contributed by atoms with E-state index >= 15 is 0 Å². The van der Waals surface area contributed by atoms with E-state index < -0.39 is 28.5 Å². The topological polar surface area (TPSA) is 96.0 Å². The highest BCUT2D eigenvalue weighted by molar-refractivity contribution is 7.92. The third kappa shape index (κ3) is 7.64. The molecule has 0 spiro atoms. The molecule has 2 amide bonds. The molecule has 0 radical (unpaired) electrons. The Kier molecular flexibility index (Phi) is 10.5. The summed E-state index contributed by atoms with van der Waals surface area (Å²) in [7, 11) is -2.55. The van der Waals surface area contributed by atoms with Crippen LogP contribution >= 0.6 is 34.8 Å². The molecule has 0 saturated heterocycles. The minimum atomic E-state index is -3.94. The standard InChI is InChI=1S/C23H28Cl3N3O5S/c1-5-19(23(31)27-6-2)28(13-15-7-9-17(25)18(26)11-15)22(30)14-29(35(4,32)33)20-12-16(24)8-10-21(20)34-3/h7-12,19H,5-6,13-14H2,1-4H3,(H,27,31)/t19-/m1/s1. The summed E-state index contributed by atoms with van der Waals surface area (Å²) in [6.07, 6.45) is 1.28. The molecule has 0 aliphatic rings. The summed E-state index contributed by atoms with van der Waals surface area (Å²) in [4.78, 5) is 27.8. The maximum atomic E-state index is 13.6. The summed E-state index contributed by atoms with van der Waals surface area (Å²) >= 11 is 18.3. The molecule has 0 aliphatic heterocycles. The van der Waals surface area contributed by atoms with E-state index in [4.69, 9.17) is 39.5 Å². The van der Waals surface area contributed by atoms with Crippen molar-refractivity contribution in [2.24, 2.45) is 0 Å². The van der Waals surface area contributed by atoms with Gasteiger partial charge in [-0.1, -0.05) is 47.8 Å². The van der Waals surface area contributed by atoms with Crippen molar-refractivity contribution in [3.05, 3.63) is 57.0 Å². The Morgan fingerprint density at radius 1 is 1.06 bits per heavy atom. The van der Waals surface area contributed by atoms with Crippen LogP contribution in [-0.4, -0.2) is 57.6 Å². The number of anilines is 1. The number of carbonyl (C=O) groups is 2. The van der Waals surface area contributed by atoms with Crippen LogP contribution in [-0.2, 0) is 26.2 Å². The molecule has 0 aliphatic carbocycles. The normalized spacial score (nSPS) is 12.1. The maximum Gasteiger partial charge on any atom is 0.244 e. The van der Waals surface area contributed by atoms with Crippen LogP contribution in [0.5, 0.6) is 5.75 Å². The van der Waals surface area contributed by atoms with Gasteiger partial charge in [-0.15, -0.1) is 0 Å². The lowest BCUT2D eigenvalue weighted by Gasteiger charge is -2.33. The zero-order chi connectivity index (χ0) is 26.3. The van der Waals surface area contributed by atoms with Gasteiger partial charge in [-0.3, -0.25) is 13.9 Å². The molecule has 192 valence electrons. The molecule has 8 nitrogen and oxygen atoms in total. The van der Waals surface area contributed by atoms with Gasteiger partial charge in [0.05, 0.1) is 29.1 Å². The van der Waals surface area contributed by atoms with Gasteiger partial charge in [-0.2, -0.15) is 0 Å². The summed E-state index contributed by atoms with van der Waals surface area (Å²) in [5.41, 5.74) is 0.734. The number of hydrogen-bond acceptors (Lipinski definition) is 5. The Bertz CT molecular complexity index is 1180. The van der Waals surface area contributed by atoms with Gasteiger partial charge in [0.1, 0.15) is 18.3 Å². The molecule has 1 N–H and O–H groups in total. The lowest BCUT2D eigenvalue weighted by atomic mass is 10.1. The van der Waals surface area contributed by atoms with Gasteiger partial charge in [0.2, 0.25) is 21.8 Å². The number of amides is 2. The number of nitrogens with one attached hydrogen (secondary N) is 1. The van der Waals surface area contributed by atoms with Gasteiger partial charge >= 0.3 is 0 Å². The van der Waals surface area contributed by atoms with Crippen LogP contribution in [0.3, 0.4) is 0 Å². The second-order valence-corrected chi connectivity index (χ2v) is 10.8. The number of rotatable bonds is 11. The molecule has 2 aromatic carbocycles. The second kappa shape index (κ2) is 12.7. The van der Waals surface area contributed by atoms with Crippen LogP contribution in [0.2, 0.25) is 15.1 Å². The van der Waals surface area contributed by atoms with Crippen molar-refractivity contribution in [3.63, 3.8) is 0 Å². The molecule has 12 heteroatoms. The number of ether oxygens (including phenoxy) is 1. The van der Waals surface area contributed by atoms with E-state index in [1.54, 1.807) is 38.1 Å². The Morgan fingerprint density at radius 2 is 1.74 bits per heavy atom. The fourth-order valence-electron chi connectivity index (χ4n) is 3.50. The zero-order valence-electron chi connectivity index (χ0n) is 19.8. The van der Waals surface area contributed by atoms with Crippen LogP contribution < -0.4 is 14.4 Å². The molecule has 1 atom stereocenters. The highest BCUT2D eigenvalue weighted by atomic mass is 35.5. The minimum Gasteiger partial charge on any atom is -0.495 e. The van der Waals surface area contributed by atoms with E-state index in [1.165, 1.54) is 24.1 Å². The predicted molar refractivity (Wildman–Crippen MR) is 140 cm³/mol. The number of halogens is 3. The van der Waals surface area contributed by atoms with E-state index in [2.05, 4.69) is 5.32 Å². The lowest BCUT2D eigenvalue weighted by Crippen LogP contribution is -2.52. The van der Waals surface area contributed by atoms with Crippen LogP contribution in [0.25, 0.3) is 0 Å². The first kappa shape index (κ1) is 29.0. The molecule has 0 aromatic heterocycles. The minimum absolute atomic E-state index is 0.00957. The SMILES string of the molecule is CCNC(=O)[C@@H](CC)N(Cc1ccc(Cl)c(Cl)c1)C(=O)CN(c1cc(Cl)ccc1OC)S(C)(=O)=O. The Labute approximate surface area is 221 Å². The third-order valence-electron chi connectivity index (χ3n) is 5.16. The molecular formula is C23H28Cl3N3O5S. The Hall–Kier alpha value is -2.20. The van der Waals surface area contributed by atoms with Gasteiger partial charge in [0, 0.05) is 18.1 Å². The molecular weight excluding hydrogens is 537 g/mol. The van der Waals surface area contributed by atoms with E-state index in [9.17, 15) is 18.0 Å². The summed E-state index contributed by atoms with van der Waals surface area (Å²) < 4.78 is 31.7. The first-order valence-electron chi connectivity index (χ1n) is 10.7. The summed E-state index contributed by atoms with van der Waals surface area (Å²) in [6.45, 7) is 3.34. The van der Waals surface area contributed by atoms with Crippen LogP contribution in [0.15, 0.2) is 36.4 Å². The van der Waals surface area contributed by atoms with Crippen molar-refractivity contribution >= 4 is 62.3 Å². The van der Waals surface area contributed by atoms with Crippen LogP contribution in [0.4, 0.5) is 5.69 Å². The average molecular weight is 565 g/mol. The quantitative estimate of drug-likeness (QED) is 0.437. The predicted octanol–water partition coefficient (Wildman–Crippen LogP) is 4.36. The first-order valence-corrected chi connectivity index (χ1v) is 13.7. The van der Waals surface area contributed by atoms with Crippen molar-refractivity contribution in [2.45, 2.75) is 32.9 Å². The Balaban J connectivity index is 2.52.